The van der Waals surface area contributed by atoms with Crippen LogP contribution in [-0.4, -0.2) is 20.4 Å². The van der Waals surface area contributed by atoms with E-state index in [-0.39, 0.29) is 5.91 Å². The predicted molar refractivity (Wildman–Crippen MR) is 80.7 cm³/mol. The summed E-state index contributed by atoms with van der Waals surface area (Å²) in [5.41, 5.74) is 1.29. The third kappa shape index (κ3) is 2.95. The lowest BCUT2D eigenvalue weighted by Gasteiger charge is -2.00. The van der Waals surface area contributed by atoms with Gasteiger partial charge in [0.25, 0.3) is 5.91 Å². The molecular formula is C15H12N4OS. The number of benzene rings is 1. The first kappa shape index (κ1) is 13.4. The molecule has 104 valence electrons. The number of hydrogen-bond donors (Lipinski definition) is 0. The van der Waals surface area contributed by atoms with Gasteiger partial charge in [-0.1, -0.05) is 30.3 Å². The zero-order valence-corrected chi connectivity index (χ0v) is 12.1. The number of nitrogens with zero attached hydrogens (tertiary/aromatic N) is 4. The fourth-order valence-corrected chi connectivity index (χ4v) is 2.49. The molecule has 2 heterocycles. The minimum atomic E-state index is -0.340. The van der Waals surface area contributed by atoms with Crippen LogP contribution in [0.4, 0.5) is 0 Å². The molecule has 0 atom stereocenters. The minimum absolute atomic E-state index is 0.340. The van der Waals surface area contributed by atoms with Gasteiger partial charge >= 0.3 is 0 Å². The molecule has 1 aromatic carbocycles. The molecule has 0 spiro atoms. The zero-order valence-electron chi connectivity index (χ0n) is 11.3. The van der Waals surface area contributed by atoms with Crippen LogP contribution < -0.4 is 4.80 Å². The molecule has 2 aromatic heterocycles. The summed E-state index contributed by atoms with van der Waals surface area (Å²) in [6.07, 6.45) is 4.87. The van der Waals surface area contributed by atoms with Gasteiger partial charge in [0.1, 0.15) is 0 Å². The Kier molecular flexibility index (Phi) is 3.70. The summed E-state index contributed by atoms with van der Waals surface area (Å²) in [5, 5.41) is 1.88. The van der Waals surface area contributed by atoms with Crippen molar-refractivity contribution in [2.24, 2.45) is 12.0 Å². The Hall–Kier alpha value is -2.60. The van der Waals surface area contributed by atoms with Crippen molar-refractivity contribution < 1.29 is 4.79 Å². The van der Waals surface area contributed by atoms with Gasteiger partial charge in [-0.25, -0.2) is 9.97 Å². The van der Waals surface area contributed by atoms with Gasteiger partial charge in [-0.05, 0) is 0 Å². The second-order valence-electron chi connectivity index (χ2n) is 4.37. The maximum atomic E-state index is 12.1. The van der Waals surface area contributed by atoms with E-state index >= 15 is 0 Å². The van der Waals surface area contributed by atoms with E-state index in [0.717, 1.165) is 5.56 Å². The van der Waals surface area contributed by atoms with Crippen LogP contribution in [0.5, 0.6) is 0 Å². The van der Waals surface area contributed by atoms with Crippen molar-refractivity contribution in [3.8, 4) is 11.4 Å². The summed E-state index contributed by atoms with van der Waals surface area (Å²) in [5.74, 6) is 0.251. The zero-order chi connectivity index (χ0) is 14.7. The fraction of sp³-hybridized carbons (Fsp3) is 0.0667. The topological polar surface area (TPSA) is 60.1 Å². The quantitative estimate of drug-likeness (QED) is 0.729. The summed E-state index contributed by atoms with van der Waals surface area (Å²) in [6.45, 7) is 0. The molecule has 0 N–H and O–H groups in total. The van der Waals surface area contributed by atoms with Crippen molar-refractivity contribution in [1.29, 1.82) is 0 Å². The average molecular weight is 296 g/mol. The van der Waals surface area contributed by atoms with Gasteiger partial charge in [0.2, 0.25) is 0 Å². The smallest absolute Gasteiger partial charge is 0.282 e. The SMILES string of the molecule is Cn1ccsc1=NC(=O)c1cnc(-c2ccccc2)nc1. The van der Waals surface area contributed by atoms with Crippen LogP contribution in [0.25, 0.3) is 11.4 Å². The van der Waals surface area contributed by atoms with E-state index in [9.17, 15) is 4.79 Å². The van der Waals surface area contributed by atoms with Crippen LogP contribution in [0.3, 0.4) is 0 Å². The van der Waals surface area contributed by atoms with Crippen LogP contribution in [0.15, 0.2) is 59.3 Å². The highest BCUT2D eigenvalue weighted by molar-refractivity contribution is 7.07. The molecule has 0 aliphatic carbocycles. The van der Waals surface area contributed by atoms with E-state index < -0.39 is 0 Å². The van der Waals surface area contributed by atoms with E-state index in [4.69, 9.17) is 0 Å². The van der Waals surface area contributed by atoms with Gasteiger partial charge in [-0.15, -0.1) is 11.3 Å². The molecule has 5 nitrogen and oxygen atoms in total. The lowest BCUT2D eigenvalue weighted by atomic mass is 10.2. The van der Waals surface area contributed by atoms with Crippen LogP contribution >= 0.6 is 11.3 Å². The van der Waals surface area contributed by atoms with E-state index in [1.165, 1.54) is 23.7 Å². The van der Waals surface area contributed by atoms with Crippen LogP contribution in [0.1, 0.15) is 10.4 Å². The number of rotatable bonds is 2. The van der Waals surface area contributed by atoms with Crippen molar-refractivity contribution in [2.45, 2.75) is 0 Å². The average Bonchev–Trinajstić information content (AvgIpc) is 2.93. The second-order valence-corrected chi connectivity index (χ2v) is 5.25. The Bertz CT molecular complexity index is 819. The van der Waals surface area contributed by atoms with E-state index in [2.05, 4.69) is 15.0 Å². The number of carbonyl (C=O) groups excluding carboxylic acids is 1. The third-order valence-electron chi connectivity index (χ3n) is 2.89. The van der Waals surface area contributed by atoms with Gasteiger partial charge in [-0.2, -0.15) is 4.99 Å². The Balaban J connectivity index is 1.88. The van der Waals surface area contributed by atoms with Gasteiger partial charge in [0.15, 0.2) is 10.6 Å². The summed E-state index contributed by atoms with van der Waals surface area (Å²) in [6, 6.07) is 9.62. The normalized spacial score (nSPS) is 11.6. The first-order chi connectivity index (χ1) is 10.2. The molecule has 0 aliphatic rings. The van der Waals surface area contributed by atoms with Crippen molar-refractivity contribution in [3.63, 3.8) is 0 Å². The number of aromatic nitrogens is 3. The molecule has 1 amide bonds. The lowest BCUT2D eigenvalue weighted by Crippen LogP contribution is -2.12. The molecule has 0 saturated carbocycles. The maximum Gasteiger partial charge on any atom is 0.282 e. The Morgan fingerprint density at radius 2 is 1.90 bits per heavy atom. The summed E-state index contributed by atoms with van der Waals surface area (Å²) < 4.78 is 1.79. The van der Waals surface area contributed by atoms with Gasteiger partial charge < -0.3 is 4.57 Å². The van der Waals surface area contributed by atoms with Gasteiger partial charge in [0, 0.05) is 36.6 Å². The highest BCUT2D eigenvalue weighted by Gasteiger charge is 2.07. The number of aryl methyl sites for hydroxylation is 1. The van der Waals surface area contributed by atoms with Gasteiger partial charge in [-0.3, -0.25) is 4.79 Å². The fourth-order valence-electron chi connectivity index (χ4n) is 1.76. The molecule has 0 bridgehead atoms. The van der Waals surface area contributed by atoms with Crippen molar-refractivity contribution >= 4 is 17.2 Å². The second kappa shape index (κ2) is 5.80. The van der Waals surface area contributed by atoms with Gasteiger partial charge in [0.05, 0.1) is 5.56 Å². The first-order valence-electron chi connectivity index (χ1n) is 6.31. The highest BCUT2D eigenvalue weighted by Crippen LogP contribution is 2.13. The number of amides is 1. The van der Waals surface area contributed by atoms with Crippen molar-refractivity contribution in [2.75, 3.05) is 0 Å². The summed E-state index contributed by atoms with van der Waals surface area (Å²) in [4.78, 5) is 25.2. The van der Waals surface area contributed by atoms with E-state index in [1.54, 1.807) is 4.57 Å². The third-order valence-corrected chi connectivity index (χ3v) is 3.74. The van der Waals surface area contributed by atoms with Crippen molar-refractivity contribution in [1.82, 2.24) is 14.5 Å². The van der Waals surface area contributed by atoms with Crippen molar-refractivity contribution in [3.05, 3.63) is 64.7 Å². The highest BCUT2D eigenvalue weighted by atomic mass is 32.1. The molecule has 6 heteroatoms. The molecule has 0 saturated heterocycles. The number of carbonyl (C=O) groups is 1. The molecule has 0 radical (unpaired) electrons. The van der Waals surface area contributed by atoms with Crippen LogP contribution in [-0.2, 0) is 7.05 Å². The molecule has 21 heavy (non-hydrogen) atoms. The van der Waals surface area contributed by atoms with Crippen LogP contribution in [0, 0.1) is 0 Å². The standard InChI is InChI=1S/C15H12N4OS/c1-19-7-8-21-15(19)18-14(20)12-9-16-13(17-10-12)11-5-3-2-4-6-11/h2-10H,1H3. The van der Waals surface area contributed by atoms with E-state index in [0.29, 0.717) is 16.2 Å². The largest absolute Gasteiger partial charge is 0.327 e. The minimum Gasteiger partial charge on any atom is -0.327 e. The van der Waals surface area contributed by atoms with E-state index in [1.807, 2.05) is 49.0 Å². The summed E-state index contributed by atoms with van der Waals surface area (Å²) >= 11 is 1.41. The molecule has 0 fully saturated rings. The Morgan fingerprint density at radius 1 is 1.19 bits per heavy atom. The van der Waals surface area contributed by atoms with Crippen LogP contribution in [0.2, 0.25) is 0 Å². The monoisotopic (exact) mass is 296 g/mol. The lowest BCUT2D eigenvalue weighted by molar-refractivity contribution is 0.0997. The molecule has 0 unspecified atom stereocenters. The Labute approximate surface area is 125 Å². The number of hydrogen-bond acceptors (Lipinski definition) is 4. The molecular weight excluding hydrogens is 284 g/mol. The number of thiazole rings is 1. The first-order valence-corrected chi connectivity index (χ1v) is 7.18. The predicted octanol–water partition coefficient (Wildman–Crippen LogP) is 2.28. The Morgan fingerprint density at radius 3 is 2.52 bits per heavy atom. The molecule has 3 rings (SSSR count). The maximum absolute atomic E-state index is 12.1. The molecule has 3 aromatic rings. The summed E-state index contributed by atoms with van der Waals surface area (Å²) in [7, 11) is 1.84. The molecule has 0 aliphatic heterocycles.